The third-order valence-corrected chi connectivity index (χ3v) is 2.24. The molecular weight excluding hydrogens is 164 g/mol. The zero-order valence-corrected chi connectivity index (χ0v) is 7.73. The van der Waals surface area contributed by atoms with Crippen molar-refractivity contribution in [2.75, 3.05) is 25.1 Å². The van der Waals surface area contributed by atoms with Gasteiger partial charge in [0.25, 0.3) is 0 Å². The van der Waals surface area contributed by atoms with Crippen LogP contribution in [-0.2, 0) is 0 Å². The molecule has 13 heavy (non-hydrogen) atoms. The molecule has 1 aliphatic heterocycles. The lowest BCUT2D eigenvalue weighted by Crippen LogP contribution is -2.37. The summed E-state index contributed by atoms with van der Waals surface area (Å²) >= 11 is 0. The molecule has 3 heteroatoms. The van der Waals surface area contributed by atoms with Gasteiger partial charge in [-0.3, -0.25) is 0 Å². The first-order valence-corrected chi connectivity index (χ1v) is 4.46. The van der Waals surface area contributed by atoms with Crippen molar-refractivity contribution in [1.29, 1.82) is 0 Å². The molecule has 2 rings (SSSR count). The largest absolute Gasteiger partial charge is 0.490 e. The highest BCUT2D eigenvalue weighted by Crippen LogP contribution is 2.28. The van der Waals surface area contributed by atoms with Gasteiger partial charge in [0, 0.05) is 13.6 Å². The minimum absolute atomic E-state index is 0.0948. The van der Waals surface area contributed by atoms with Crippen LogP contribution in [0.1, 0.15) is 0 Å². The first kappa shape index (κ1) is 8.38. The molecule has 2 N–H and O–H groups in total. The van der Waals surface area contributed by atoms with Gasteiger partial charge in [-0.15, -0.1) is 0 Å². The van der Waals surface area contributed by atoms with E-state index >= 15 is 0 Å². The lowest BCUT2D eigenvalue weighted by Gasteiger charge is -2.18. The lowest BCUT2D eigenvalue weighted by molar-refractivity contribution is 0.300. The Hall–Kier alpha value is -1.22. The molecule has 3 nitrogen and oxygen atoms in total. The van der Waals surface area contributed by atoms with E-state index in [0.717, 1.165) is 18.0 Å². The quantitative estimate of drug-likeness (QED) is 0.640. The van der Waals surface area contributed by atoms with Gasteiger partial charge in [0.1, 0.15) is 12.4 Å². The Bertz CT molecular complexity index is 301. The predicted octanol–water partition coefficient (Wildman–Crippen LogP) is 0.842. The molecule has 70 valence electrons. The van der Waals surface area contributed by atoms with E-state index < -0.39 is 0 Å². The Balaban J connectivity index is 2.35. The average Bonchev–Trinajstić information content (AvgIpc) is 2.27. The van der Waals surface area contributed by atoms with Gasteiger partial charge < -0.3 is 15.4 Å². The molecule has 0 saturated carbocycles. The molecule has 0 unspecified atom stereocenters. The number of para-hydroxylation sites is 2. The normalized spacial score (nSPS) is 21.7. The second kappa shape index (κ2) is 3.26. The topological polar surface area (TPSA) is 38.5 Å². The molecule has 1 atom stereocenters. The summed E-state index contributed by atoms with van der Waals surface area (Å²) in [6.45, 7) is 1.44. The monoisotopic (exact) mass is 178 g/mol. The zero-order valence-electron chi connectivity index (χ0n) is 7.73. The maximum Gasteiger partial charge on any atom is 0.142 e. The van der Waals surface area contributed by atoms with Crippen molar-refractivity contribution in [3.05, 3.63) is 24.3 Å². The molecule has 0 bridgehead atoms. The van der Waals surface area contributed by atoms with Crippen molar-refractivity contribution in [3.63, 3.8) is 0 Å². The van der Waals surface area contributed by atoms with Crippen molar-refractivity contribution in [2.45, 2.75) is 6.04 Å². The van der Waals surface area contributed by atoms with Gasteiger partial charge in [0.05, 0.1) is 11.7 Å². The van der Waals surface area contributed by atoms with Crippen LogP contribution < -0.4 is 15.4 Å². The minimum atomic E-state index is 0.0948. The smallest absolute Gasteiger partial charge is 0.142 e. The van der Waals surface area contributed by atoms with Crippen molar-refractivity contribution in [1.82, 2.24) is 0 Å². The molecule has 1 aromatic carbocycles. The van der Waals surface area contributed by atoms with Gasteiger partial charge in [-0.1, -0.05) is 12.1 Å². The standard InChI is InChI=1S/C10H14N2O/c1-12-6-8(11)7-13-10-5-3-2-4-9(10)12/h2-5,8H,6-7,11H2,1H3/t8-/m0/s1. The molecule has 0 aromatic heterocycles. The van der Waals surface area contributed by atoms with Crippen LogP contribution in [-0.4, -0.2) is 26.2 Å². The Labute approximate surface area is 78.1 Å². The first-order chi connectivity index (χ1) is 6.27. The van der Waals surface area contributed by atoms with E-state index in [-0.39, 0.29) is 6.04 Å². The Morgan fingerprint density at radius 1 is 1.46 bits per heavy atom. The summed E-state index contributed by atoms with van der Waals surface area (Å²) in [6, 6.07) is 8.11. The van der Waals surface area contributed by atoms with E-state index in [0.29, 0.717) is 6.61 Å². The van der Waals surface area contributed by atoms with E-state index in [4.69, 9.17) is 10.5 Å². The van der Waals surface area contributed by atoms with Crippen LogP contribution in [0.5, 0.6) is 5.75 Å². The summed E-state index contributed by atoms with van der Waals surface area (Å²) in [6.07, 6.45) is 0. The number of benzene rings is 1. The van der Waals surface area contributed by atoms with E-state index in [9.17, 15) is 0 Å². The summed E-state index contributed by atoms with van der Waals surface area (Å²) in [4.78, 5) is 2.13. The number of fused-ring (bicyclic) bond motifs is 1. The second-order valence-electron chi connectivity index (χ2n) is 3.42. The Kier molecular flexibility index (Phi) is 2.10. The summed E-state index contributed by atoms with van der Waals surface area (Å²) in [5, 5.41) is 0. The number of anilines is 1. The number of nitrogens with zero attached hydrogens (tertiary/aromatic N) is 1. The van der Waals surface area contributed by atoms with E-state index in [2.05, 4.69) is 4.90 Å². The van der Waals surface area contributed by atoms with E-state index in [1.54, 1.807) is 0 Å². The highest BCUT2D eigenvalue weighted by atomic mass is 16.5. The molecule has 1 aromatic rings. The highest BCUT2D eigenvalue weighted by molar-refractivity contribution is 5.58. The van der Waals surface area contributed by atoms with Crippen molar-refractivity contribution in [3.8, 4) is 5.75 Å². The molecule has 0 fully saturated rings. The second-order valence-corrected chi connectivity index (χ2v) is 3.42. The summed E-state index contributed by atoms with van der Waals surface area (Å²) < 4.78 is 5.56. The van der Waals surface area contributed by atoms with Crippen LogP contribution >= 0.6 is 0 Å². The minimum Gasteiger partial charge on any atom is -0.490 e. The van der Waals surface area contributed by atoms with Crippen LogP contribution in [0, 0.1) is 0 Å². The first-order valence-electron chi connectivity index (χ1n) is 4.46. The van der Waals surface area contributed by atoms with Crippen LogP contribution in [0.4, 0.5) is 5.69 Å². The van der Waals surface area contributed by atoms with Gasteiger partial charge in [0.15, 0.2) is 0 Å². The van der Waals surface area contributed by atoms with Gasteiger partial charge in [0.2, 0.25) is 0 Å². The highest BCUT2D eigenvalue weighted by Gasteiger charge is 2.16. The molecule has 1 heterocycles. The maximum atomic E-state index is 5.84. The Morgan fingerprint density at radius 2 is 2.23 bits per heavy atom. The molecule has 0 radical (unpaired) electrons. The molecule has 0 aliphatic carbocycles. The van der Waals surface area contributed by atoms with Crippen molar-refractivity contribution in [2.24, 2.45) is 5.73 Å². The number of likely N-dealkylation sites (N-methyl/N-ethyl adjacent to an activating group) is 1. The maximum absolute atomic E-state index is 5.84. The summed E-state index contributed by atoms with van der Waals surface area (Å²) in [7, 11) is 2.04. The van der Waals surface area contributed by atoms with Gasteiger partial charge in [-0.25, -0.2) is 0 Å². The molecule has 0 spiro atoms. The molecule has 1 aliphatic rings. The summed E-state index contributed by atoms with van der Waals surface area (Å²) in [5.74, 6) is 0.929. The van der Waals surface area contributed by atoms with E-state index in [1.165, 1.54) is 0 Å². The SMILES string of the molecule is CN1C[C@H](N)COc2ccccc21. The van der Waals surface area contributed by atoms with Crippen LogP contribution in [0.25, 0.3) is 0 Å². The number of ether oxygens (including phenoxy) is 1. The Morgan fingerprint density at radius 3 is 3.08 bits per heavy atom. The predicted molar refractivity (Wildman–Crippen MR) is 53.2 cm³/mol. The van der Waals surface area contributed by atoms with Crippen molar-refractivity contribution >= 4 is 5.69 Å². The van der Waals surface area contributed by atoms with Gasteiger partial charge in [-0.2, -0.15) is 0 Å². The van der Waals surface area contributed by atoms with Crippen LogP contribution in [0.2, 0.25) is 0 Å². The van der Waals surface area contributed by atoms with Gasteiger partial charge >= 0.3 is 0 Å². The third kappa shape index (κ3) is 1.60. The molecule has 0 amide bonds. The third-order valence-electron chi connectivity index (χ3n) is 2.24. The van der Waals surface area contributed by atoms with Gasteiger partial charge in [-0.05, 0) is 12.1 Å². The number of rotatable bonds is 0. The number of hydrogen-bond donors (Lipinski definition) is 1. The number of hydrogen-bond acceptors (Lipinski definition) is 3. The fourth-order valence-electron chi connectivity index (χ4n) is 1.59. The van der Waals surface area contributed by atoms with E-state index in [1.807, 2.05) is 31.3 Å². The fourth-order valence-corrected chi connectivity index (χ4v) is 1.59. The molecular formula is C10H14N2O. The lowest BCUT2D eigenvalue weighted by atomic mass is 10.2. The zero-order chi connectivity index (χ0) is 9.26. The summed E-state index contributed by atoms with van der Waals surface area (Å²) in [5.41, 5.74) is 6.96. The molecule has 0 saturated heterocycles. The average molecular weight is 178 g/mol. The fraction of sp³-hybridized carbons (Fsp3) is 0.400. The van der Waals surface area contributed by atoms with Crippen LogP contribution in [0.15, 0.2) is 24.3 Å². The van der Waals surface area contributed by atoms with Crippen LogP contribution in [0.3, 0.4) is 0 Å². The number of nitrogens with two attached hydrogens (primary N) is 1. The van der Waals surface area contributed by atoms with Crippen molar-refractivity contribution < 1.29 is 4.74 Å².